The molecule has 1 aromatic rings. The van der Waals surface area contributed by atoms with E-state index < -0.39 is 32.1 Å². The van der Waals surface area contributed by atoms with Gasteiger partial charge in [-0.15, -0.1) is 11.5 Å². The Morgan fingerprint density at radius 3 is 2.21 bits per heavy atom. The van der Waals surface area contributed by atoms with Gasteiger partial charge in [0.15, 0.2) is 8.32 Å². The van der Waals surface area contributed by atoms with Gasteiger partial charge < -0.3 is 9.74 Å². The molecule has 0 aliphatic rings. The first kappa shape index (κ1) is 36.0. The van der Waals surface area contributed by atoms with Crippen molar-refractivity contribution < 1.29 is 13.4 Å². The summed E-state index contributed by atoms with van der Waals surface area (Å²) in [7, 11) is -4.84. The Bertz CT molecular complexity index is 1110. The Labute approximate surface area is 251 Å². The topological polar surface area (TPSA) is 67.4 Å². The summed E-state index contributed by atoms with van der Waals surface area (Å²) >= 11 is 3.77. The number of anilines is 1. The molecule has 2 N–H and O–H groups in total. The number of rotatable bonds is 11. The molecule has 220 valence electrons. The molecule has 0 aromatic heterocycles. The fraction of sp³-hybridized carbons (Fsp3) is 0.633. The maximum Gasteiger partial charge on any atom is 0.221 e. The SMILES string of the molecule is C=C(CO[Si](C)(C)C(C)(C)C)C[C@H](c1cccc(NC(C)=O)c1Br)[C@@H](CC#C[Si](C)(C)C)N[S@](=O)C(C)(C)C. The lowest BCUT2D eigenvalue weighted by Crippen LogP contribution is -2.43. The highest BCUT2D eigenvalue weighted by Crippen LogP contribution is 2.39. The van der Waals surface area contributed by atoms with Crippen molar-refractivity contribution in [2.75, 3.05) is 11.9 Å². The van der Waals surface area contributed by atoms with Gasteiger partial charge in [-0.2, -0.15) is 0 Å². The van der Waals surface area contributed by atoms with Gasteiger partial charge in [0.2, 0.25) is 5.91 Å². The van der Waals surface area contributed by atoms with Crippen LogP contribution in [-0.4, -0.2) is 43.9 Å². The molecule has 0 radical (unpaired) electrons. The first-order chi connectivity index (χ1) is 17.5. The van der Waals surface area contributed by atoms with E-state index in [1.54, 1.807) is 0 Å². The first-order valence-electron chi connectivity index (χ1n) is 13.6. The molecule has 0 spiro atoms. The van der Waals surface area contributed by atoms with Crippen molar-refractivity contribution in [3.8, 4) is 11.5 Å². The minimum absolute atomic E-state index is 0.0997. The van der Waals surface area contributed by atoms with Crippen LogP contribution in [0.5, 0.6) is 0 Å². The van der Waals surface area contributed by atoms with Gasteiger partial charge in [-0.1, -0.05) is 64.7 Å². The van der Waals surface area contributed by atoms with Crippen LogP contribution in [0.25, 0.3) is 0 Å². The highest BCUT2D eigenvalue weighted by atomic mass is 79.9. The van der Waals surface area contributed by atoms with Crippen LogP contribution < -0.4 is 10.0 Å². The maximum atomic E-state index is 13.4. The Kier molecular flexibility index (Phi) is 13.1. The number of carbonyl (C=O) groups excluding carboxylic acids is 1. The molecular formula is C30H51BrN2O3SSi2. The Hall–Kier alpha value is -1.03. The fourth-order valence-corrected chi connectivity index (χ4v) is 6.63. The van der Waals surface area contributed by atoms with E-state index in [0.717, 1.165) is 15.6 Å². The van der Waals surface area contributed by atoms with Gasteiger partial charge in [0.25, 0.3) is 0 Å². The number of carbonyl (C=O) groups is 1. The van der Waals surface area contributed by atoms with Crippen molar-refractivity contribution in [3.63, 3.8) is 0 Å². The van der Waals surface area contributed by atoms with E-state index in [4.69, 9.17) is 4.43 Å². The van der Waals surface area contributed by atoms with Gasteiger partial charge in [-0.05, 0) is 72.9 Å². The van der Waals surface area contributed by atoms with E-state index in [-0.39, 0.29) is 22.9 Å². The van der Waals surface area contributed by atoms with Crippen LogP contribution in [0.2, 0.25) is 37.8 Å². The van der Waals surface area contributed by atoms with E-state index in [9.17, 15) is 9.00 Å². The molecular weight excluding hydrogens is 604 g/mol. The third-order valence-corrected chi connectivity index (χ3v) is 14.7. The number of nitrogens with one attached hydrogen (secondary N) is 2. The zero-order valence-electron chi connectivity index (χ0n) is 26.2. The average molecular weight is 656 g/mol. The minimum Gasteiger partial charge on any atom is -0.413 e. The summed E-state index contributed by atoms with van der Waals surface area (Å²) in [5.74, 6) is 3.18. The van der Waals surface area contributed by atoms with Crippen LogP contribution in [-0.2, 0) is 20.2 Å². The van der Waals surface area contributed by atoms with Crippen molar-refractivity contribution >= 4 is 54.9 Å². The Morgan fingerprint density at radius 1 is 1.13 bits per heavy atom. The van der Waals surface area contributed by atoms with Gasteiger partial charge >= 0.3 is 0 Å². The predicted octanol–water partition coefficient (Wildman–Crippen LogP) is 8.15. The van der Waals surface area contributed by atoms with Gasteiger partial charge in [-0.25, -0.2) is 8.93 Å². The van der Waals surface area contributed by atoms with E-state index in [1.807, 2.05) is 32.9 Å². The Morgan fingerprint density at radius 2 is 1.72 bits per heavy atom. The highest BCUT2D eigenvalue weighted by Gasteiger charge is 2.37. The molecule has 39 heavy (non-hydrogen) atoms. The number of amides is 1. The smallest absolute Gasteiger partial charge is 0.221 e. The molecule has 1 aromatic carbocycles. The number of hydrogen-bond acceptors (Lipinski definition) is 3. The third kappa shape index (κ3) is 12.2. The van der Waals surface area contributed by atoms with Crippen molar-refractivity contribution in [1.82, 2.24) is 4.72 Å². The number of benzene rings is 1. The zero-order valence-corrected chi connectivity index (χ0v) is 30.6. The highest BCUT2D eigenvalue weighted by molar-refractivity contribution is 9.10. The Balaban J connectivity index is 3.57. The molecule has 0 aliphatic heterocycles. The van der Waals surface area contributed by atoms with Crippen molar-refractivity contribution in [1.29, 1.82) is 0 Å². The van der Waals surface area contributed by atoms with E-state index in [2.05, 4.69) is 104 Å². The summed E-state index contributed by atoms with van der Waals surface area (Å²) in [6.45, 7) is 30.1. The van der Waals surface area contributed by atoms with Crippen molar-refractivity contribution in [3.05, 3.63) is 40.4 Å². The van der Waals surface area contributed by atoms with Gasteiger partial charge in [-0.3, -0.25) is 4.79 Å². The summed E-state index contributed by atoms with van der Waals surface area (Å²) < 4.78 is 23.7. The second-order valence-electron chi connectivity index (χ2n) is 13.9. The summed E-state index contributed by atoms with van der Waals surface area (Å²) in [5.41, 5.74) is 6.17. The quantitative estimate of drug-likeness (QED) is 0.144. The largest absolute Gasteiger partial charge is 0.413 e. The molecule has 3 atom stereocenters. The number of hydrogen-bond donors (Lipinski definition) is 2. The van der Waals surface area contributed by atoms with Crippen LogP contribution >= 0.6 is 15.9 Å². The maximum absolute atomic E-state index is 13.4. The third-order valence-electron chi connectivity index (χ3n) is 6.78. The molecule has 0 bridgehead atoms. The van der Waals surface area contributed by atoms with Gasteiger partial charge in [0, 0.05) is 29.8 Å². The summed E-state index contributed by atoms with van der Waals surface area (Å²) in [5, 5.41) is 3.02. The number of halogens is 1. The molecule has 9 heteroatoms. The van der Waals surface area contributed by atoms with E-state index in [1.165, 1.54) is 6.92 Å². The summed E-state index contributed by atoms with van der Waals surface area (Å²) in [6, 6.07) is 5.67. The minimum atomic E-state index is -1.96. The first-order valence-corrected chi connectivity index (χ1v) is 21.9. The lowest BCUT2D eigenvalue weighted by atomic mass is 9.85. The molecule has 0 fully saturated rings. The molecule has 5 nitrogen and oxygen atoms in total. The molecule has 1 amide bonds. The molecule has 0 heterocycles. The molecule has 0 aliphatic carbocycles. The fourth-order valence-electron chi connectivity index (χ4n) is 3.47. The lowest BCUT2D eigenvalue weighted by Gasteiger charge is -2.37. The second-order valence-corrected chi connectivity index (χ2v) is 26.2. The monoisotopic (exact) mass is 654 g/mol. The molecule has 0 unspecified atom stereocenters. The average Bonchev–Trinajstić information content (AvgIpc) is 2.74. The van der Waals surface area contributed by atoms with Crippen molar-refractivity contribution in [2.24, 2.45) is 0 Å². The van der Waals surface area contributed by atoms with Crippen LogP contribution in [0.15, 0.2) is 34.8 Å². The normalized spacial score (nSPS) is 15.1. The summed E-state index contributed by atoms with van der Waals surface area (Å²) in [4.78, 5) is 11.9. The standard InChI is InChI=1S/C30H51BrN2O3SSi2/c1-22(21-36-39(12,13)30(6,7)8)20-25(24-16-14-17-27(28(24)31)32-23(2)34)26(18-15-19-38(9,10)11)33-37(35)29(3,4)5/h14,16-17,25-26,33H,1,18,20-21H2,2-13H3,(H,32,34)/t25-,26-,37-/m1/s1. The van der Waals surface area contributed by atoms with Crippen LogP contribution in [0.3, 0.4) is 0 Å². The zero-order chi connectivity index (χ0) is 30.4. The van der Waals surface area contributed by atoms with Crippen molar-refractivity contribution in [2.45, 2.75) is 116 Å². The predicted molar refractivity (Wildman–Crippen MR) is 179 cm³/mol. The molecule has 0 saturated carbocycles. The van der Waals surface area contributed by atoms with Gasteiger partial charge in [0.05, 0.1) is 28.0 Å². The van der Waals surface area contributed by atoms with E-state index in [0.29, 0.717) is 25.1 Å². The van der Waals surface area contributed by atoms with Crippen LogP contribution in [0, 0.1) is 11.5 Å². The summed E-state index contributed by atoms with van der Waals surface area (Å²) in [6.07, 6.45) is 1.17. The van der Waals surface area contributed by atoms with Crippen LogP contribution in [0.1, 0.15) is 72.8 Å². The lowest BCUT2D eigenvalue weighted by molar-refractivity contribution is -0.114. The molecule has 0 saturated heterocycles. The van der Waals surface area contributed by atoms with Crippen LogP contribution in [0.4, 0.5) is 5.69 Å². The van der Waals surface area contributed by atoms with E-state index >= 15 is 0 Å². The van der Waals surface area contributed by atoms with Gasteiger partial charge in [0.1, 0.15) is 8.07 Å². The second kappa shape index (κ2) is 14.2. The molecule has 1 rings (SSSR count).